The minimum atomic E-state index is -3.27. The molecule has 0 aliphatic carbocycles. The number of hydrogen-bond donors (Lipinski definition) is 0. The highest BCUT2D eigenvalue weighted by atomic mass is 31.2. The van der Waals surface area contributed by atoms with E-state index in [1.165, 1.54) is 0 Å². The highest BCUT2D eigenvalue weighted by molar-refractivity contribution is 7.54. The van der Waals surface area contributed by atoms with Crippen LogP contribution in [0.1, 0.15) is 27.7 Å². The van der Waals surface area contributed by atoms with Crippen LogP contribution in [0.2, 0.25) is 0 Å². The standard InChI is InChI=1S/C11H19O6P/c1-5-14-18(13,15-6-2)8-9-7-10(12)17-11(3,4)16-9/h7H,5-6,8H2,1-4H3. The second-order valence-electron chi connectivity index (χ2n) is 4.14. The number of rotatable bonds is 6. The molecule has 0 fully saturated rings. The monoisotopic (exact) mass is 278 g/mol. The Morgan fingerprint density at radius 2 is 1.78 bits per heavy atom. The fourth-order valence-corrected chi connectivity index (χ4v) is 3.14. The van der Waals surface area contributed by atoms with E-state index in [1.807, 2.05) is 0 Å². The molecule has 0 atom stereocenters. The first-order valence-corrected chi connectivity index (χ1v) is 7.53. The molecule has 7 heteroatoms. The Hall–Kier alpha value is -0.840. The van der Waals surface area contributed by atoms with Crippen LogP contribution < -0.4 is 0 Å². The van der Waals surface area contributed by atoms with Crippen molar-refractivity contribution < 1.29 is 27.9 Å². The molecule has 0 radical (unpaired) electrons. The topological polar surface area (TPSA) is 71.1 Å². The number of hydrogen-bond acceptors (Lipinski definition) is 6. The maximum atomic E-state index is 12.3. The lowest BCUT2D eigenvalue weighted by Gasteiger charge is -2.31. The van der Waals surface area contributed by atoms with Gasteiger partial charge in [-0.3, -0.25) is 4.57 Å². The zero-order valence-corrected chi connectivity index (χ0v) is 12.0. The molecule has 0 saturated heterocycles. The summed E-state index contributed by atoms with van der Waals surface area (Å²) in [5, 5.41) is 0. The van der Waals surface area contributed by atoms with E-state index in [1.54, 1.807) is 27.7 Å². The Balaban J connectivity index is 2.81. The molecule has 18 heavy (non-hydrogen) atoms. The maximum absolute atomic E-state index is 12.3. The Kier molecular flexibility index (Phi) is 4.96. The van der Waals surface area contributed by atoms with Crippen LogP contribution in [0.4, 0.5) is 0 Å². The van der Waals surface area contributed by atoms with Gasteiger partial charge < -0.3 is 18.5 Å². The molecule has 0 N–H and O–H groups in total. The van der Waals surface area contributed by atoms with Crippen LogP contribution in [-0.2, 0) is 27.9 Å². The molecule has 1 rings (SSSR count). The van der Waals surface area contributed by atoms with Gasteiger partial charge in [-0.1, -0.05) is 0 Å². The fourth-order valence-electron chi connectivity index (χ4n) is 1.56. The summed E-state index contributed by atoms with van der Waals surface area (Å²) in [4.78, 5) is 11.3. The van der Waals surface area contributed by atoms with Crippen molar-refractivity contribution in [2.45, 2.75) is 33.5 Å². The SMILES string of the molecule is CCOP(=O)(CC1=CC(=O)OC(C)(C)O1)OCC. The van der Waals surface area contributed by atoms with E-state index < -0.39 is 19.4 Å². The van der Waals surface area contributed by atoms with Crippen LogP contribution in [0.25, 0.3) is 0 Å². The van der Waals surface area contributed by atoms with E-state index >= 15 is 0 Å². The lowest BCUT2D eigenvalue weighted by molar-refractivity contribution is -0.204. The van der Waals surface area contributed by atoms with Gasteiger partial charge in [0.05, 0.1) is 19.3 Å². The van der Waals surface area contributed by atoms with Gasteiger partial charge in [0.25, 0.3) is 0 Å². The van der Waals surface area contributed by atoms with Gasteiger partial charge in [0.2, 0.25) is 5.79 Å². The summed E-state index contributed by atoms with van der Waals surface area (Å²) in [6, 6.07) is 0. The molecular weight excluding hydrogens is 259 g/mol. The maximum Gasteiger partial charge on any atom is 0.338 e. The first kappa shape index (κ1) is 15.2. The van der Waals surface area contributed by atoms with E-state index in [0.717, 1.165) is 6.08 Å². The van der Waals surface area contributed by atoms with Gasteiger partial charge in [-0.15, -0.1) is 0 Å². The lowest BCUT2D eigenvalue weighted by atomic mass is 10.3. The molecule has 104 valence electrons. The predicted octanol–water partition coefficient (Wildman–Crippen LogP) is 2.45. The average molecular weight is 278 g/mol. The molecule has 1 aliphatic heterocycles. The van der Waals surface area contributed by atoms with Crippen LogP contribution in [0, 0.1) is 0 Å². The molecule has 0 unspecified atom stereocenters. The molecule has 0 bridgehead atoms. The third-order valence-electron chi connectivity index (χ3n) is 2.00. The summed E-state index contributed by atoms with van der Waals surface area (Å²) in [6.45, 7) is 7.17. The first-order valence-electron chi connectivity index (χ1n) is 5.81. The van der Waals surface area contributed by atoms with Crippen LogP contribution in [0.5, 0.6) is 0 Å². The van der Waals surface area contributed by atoms with E-state index in [0.29, 0.717) is 0 Å². The van der Waals surface area contributed by atoms with Gasteiger partial charge in [-0.05, 0) is 13.8 Å². The highest BCUT2D eigenvalue weighted by Crippen LogP contribution is 2.50. The number of esters is 1. The van der Waals surface area contributed by atoms with Crippen LogP contribution in [-0.4, -0.2) is 31.1 Å². The first-order chi connectivity index (χ1) is 8.30. The number of ether oxygens (including phenoxy) is 2. The second kappa shape index (κ2) is 5.87. The van der Waals surface area contributed by atoms with E-state index in [2.05, 4.69) is 0 Å². The Morgan fingerprint density at radius 3 is 2.22 bits per heavy atom. The molecule has 1 aliphatic rings. The predicted molar refractivity (Wildman–Crippen MR) is 65.1 cm³/mol. The minimum Gasteiger partial charge on any atom is -0.456 e. The van der Waals surface area contributed by atoms with Crippen LogP contribution in [0.3, 0.4) is 0 Å². The largest absolute Gasteiger partial charge is 0.456 e. The van der Waals surface area contributed by atoms with Crippen molar-refractivity contribution in [3.05, 3.63) is 11.8 Å². The molecule has 1 heterocycles. The fraction of sp³-hybridized carbons (Fsp3) is 0.727. The third-order valence-corrected chi connectivity index (χ3v) is 4.01. The van der Waals surface area contributed by atoms with Gasteiger partial charge in [-0.2, -0.15) is 0 Å². The van der Waals surface area contributed by atoms with Crippen molar-refractivity contribution >= 4 is 13.6 Å². The van der Waals surface area contributed by atoms with E-state index in [4.69, 9.17) is 18.5 Å². The van der Waals surface area contributed by atoms with Gasteiger partial charge in [0.1, 0.15) is 11.9 Å². The average Bonchev–Trinajstić information content (AvgIpc) is 2.13. The summed E-state index contributed by atoms with van der Waals surface area (Å²) in [5.41, 5.74) is 0. The smallest absolute Gasteiger partial charge is 0.338 e. The van der Waals surface area contributed by atoms with Crippen LogP contribution in [0.15, 0.2) is 11.8 Å². The second-order valence-corrected chi connectivity index (χ2v) is 6.19. The number of carbonyl (C=O) groups excluding carboxylic acids is 1. The Labute approximate surface area is 107 Å². The number of cyclic esters (lactones) is 1. The van der Waals surface area contributed by atoms with Crippen molar-refractivity contribution in [3.63, 3.8) is 0 Å². The van der Waals surface area contributed by atoms with E-state index in [-0.39, 0.29) is 25.1 Å². The Morgan fingerprint density at radius 1 is 1.22 bits per heavy atom. The van der Waals surface area contributed by atoms with Crippen molar-refractivity contribution in [2.24, 2.45) is 0 Å². The molecule has 0 spiro atoms. The molecule has 0 saturated carbocycles. The Bertz CT molecular complexity index is 377. The van der Waals surface area contributed by atoms with Gasteiger partial charge in [-0.25, -0.2) is 4.79 Å². The van der Waals surface area contributed by atoms with E-state index in [9.17, 15) is 9.36 Å². The zero-order valence-electron chi connectivity index (χ0n) is 11.1. The summed E-state index contributed by atoms with van der Waals surface area (Å²) < 4.78 is 32.9. The molecule has 0 aromatic heterocycles. The molecular formula is C11H19O6P. The molecule has 0 aromatic carbocycles. The van der Waals surface area contributed by atoms with Crippen molar-refractivity contribution in [1.82, 2.24) is 0 Å². The normalized spacial score (nSPS) is 18.9. The van der Waals surface area contributed by atoms with Crippen molar-refractivity contribution in [2.75, 3.05) is 19.4 Å². The van der Waals surface area contributed by atoms with Gasteiger partial charge in [0, 0.05) is 13.8 Å². The highest BCUT2D eigenvalue weighted by Gasteiger charge is 2.35. The summed E-state index contributed by atoms with van der Waals surface area (Å²) in [6.07, 6.45) is 1.09. The number of allylic oxidation sites excluding steroid dienone is 1. The third kappa shape index (κ3) is 4.44. The van der Waals surface area contributed by atoms with Crippen molar-refractivity contribution in [1.29, 1.82) is 0 Å². The quantitative estimate of drug-likeness (QED) is 0.549. The molecule has 0 aromatic rings. The van der Waals surface area contributed by atoms with Crippen LogP contribution >= 0.6 is 7.60 Å². The zero-order chi connectivity index (χ0) is 13.8. The summed E-state index contributed by atoms with van der Waals surface area (Å²) in [7, 11) is -3.27. The summed E-state index contributed by atoms with van der Waals surface area (Å²) >= 11 is 0. The van der Waals surface area contributed by atoms with Gasteiger partial charge in [0.15, 0.2) is 0 Å². The van der Waals surface area contributed by atoms with Gasteiger partial charge >= 0.3 is 13.6 Å². The number of carbonyl (C=O) groups is 1. The lowest BCUT2D eigenvalue weighted by Crippen LogP contribution is -2.35. The molecule has 0 amide bonds. The van der Waals surface area contributed by atoms with Crippen molar-refractivity contribution in [3.8, 4) is 0 Å². The molecule has 6 nitrogen and oxygen atoms in total. The minimum absolute atomic E-state index is 0.0762. The summed E-state index contributed by atoms with van der Waals surface area (Å²) in [5.74, 6) is -1.34.